The van der Waals surface area contributed by atoms with Gasteiger partial charge in [-0.05, 0) is 18.8 Å². The lowest BCUT2D eigenvalue weighted by molar-refractivity contribution is -0.119. The zero-order valence-electron chi connectivity index (χ0n) is 12.2. The third-order valence-corrected chi connectivity index (χ3v) is 5.74. The van der Waals surface area contributed by atoms with E-state index in [4.69, 9.17) is 0 Å². The average molecular weight is 288 g/mol. The molecule has 19 heavy (non-hydrogen) atoms. The van der Waals surface area contributed by atoms with E-state index in [1.165, 1.54) is 32.1 Å². The fourth-order valence-electron chi connectivity index (χ4n) is 2.74. The van der Waals surface area contributed by atoms with Crippen LogP contribution in [-0.4, -0.2) is 25.7 Å². The minimum atomic E-state index is -2.83. The second-order valence-electron chi connectivity index (χ2n) is 5.88. The number of carbonyl (C=O) groups is 1. The predicted molar refractivity (Wildman–Crippen MR) is 79.0 cm³/mol. The standard InChI is InChI=1S/C15H28O3S/c1-2-3-4-5-6-7-8-9-15(16)12-14-10-11-19(17,18)13-14/h14H,2-13H2,1H3. The molecule has 1 aliphatic heterocycles. The van der Waals surface area contributed by atoms with Crippen molar-refractivity contribution in [2.45, 2.75) is 71.1 Å². The molecule has 1 saturated heterocycles. The van der Waals surface area contributed by atoms with Crippen LogP contribution in [0.4, 0.5) is 0 Å². The highest BCUT2D eigenvalue weighted by Gasteiger charge is 2.28. The molecule has 0 amide bonds. The molecular formula is C15H28O3S. The Labute approximate surface area is 118 Å². The summed E-state index contributed by atoms with van der Waals surface area (Å²) in [5, 5.41) is 0. The van der Waals surface area contributed by atoms with Gasteiger partial charge in [-0.15, -0.1) is 0 Å². The summed E-state index contributed by atoms with van der Waals surface area (Å²) >= 11 is 0. The van der Waals surface area contributed by atoms with Gasteiger partial charge in [0.1, 0.15) is 5.78 Å². The predicted octanol–water partition coefficient (Wildman–Crippen LogP) is 3.52. The van der Waals surface area contributed by atoms with Crippen LogP contribution in [-0.2, 0) is 14.6 Å². The van der Waals surface area contributed by atoms with Crippen LogP contribution in [0, 0.1) is 5.92 Å². The minimum Gasteiger partial charge on any atom is -0.300 e. The first-order chi connectivity index (χ1) is 9.03. The number of ketones is 1. The van der Waals surface area contributed by atoms with Crippen LogP contribution in [0.2, 0.25) is 0 Å². The second-order valence-corrected chi connectivity index (χ2v) is 8.11. The largest absolute Gasteiger partial charge is 0.300 e. The molecule has 1 aliphatic rings. The van der Waals surface area contributed by atoms with Crippen LogP contribution >= 0.6 is 0 Å². The Morgan fingerprint density at radius 2 is 1.68 bits per heavy atom. The highest BCUT2D eigenvalue weighted by molar-refractivity contribution is 7.91. The van der Waals surface area contributed by atoms with Gasteiger partial charge in [-0.2, -0.15) is 0 Å². The number of carbonyl (C=O) groups excluding carboxylic acids is 1. The van der Waals surface area contributed by atoms with E-state index in [1.807, 2.05) is 0 Å². The Morgan fingerprint density at radius 3 is 2.26 bits per heavy atom. The fraction of sp³-hybridized carbons (Fsp3) is 0.933. The van der Waals surface area contributed by atoms with Gasteiger partial charge in [0.05, 0.1) is 11.5 Å². The highest BCUT2D eigenvalue weighted by Crippen LogP contribution is 2.22. The molecule has 0 spiro atoms. The first-order valence-electron chi connectivity index (χ1n) is 7.75. The molecule has 0 radical (unpaired) electrons. The Balaban J connectivity index is 2.00. The zero-order chi connectivity index (χ0) is 14.1. The lowest BCUT2D eigenvalue weighted by atomic mass is 9.98. The minimum absolute atomic E-state index is 0.0991. The molecule has 0 aromatic carbocycles. The first kappa shape index (κ1) is 16.7. The molecule has 1 atom stereocenters. The van der Waals surface area contributed by atoms with E-state index in [-0.39, 0.29) is 23.2 Å². The smallest absolute Gasteiger partial charge is 0.150 e. The van der Waals surface area contributed by atoms with Crippen molar-refractivity contribution >= 4 is 15.6 Å². The molecule has 0 bridgehead atoms. The van der Waals surface area contributed by atoms with Crippen molar-refractivity contribution in [2.75, 3.05) is 11.5 Å². The molecule has 1 fully saturated rings. The third kappa shape index (κ3) is 7.71. The summed E-state index contributed by atoms with van der Waals surface area (Å²) in [5.41, 5.74) is 0. The van der Waals surface area contributed by atoms with Gasteiger partial charge in [-0.1, -0.05) is 45.4 Å². The van der Waals surface area contributed by atoms with E-state index in [9.17, 15) is 13.2 Å². The van der Waals surface area contributed by atoms with Gasteiger partial charge in [0, 0.05) is 12.8 Å². The van der Waals surface area contributed by atoms with Crippen LogP contribution in [0.1, 0.15) is 71.1 Å². The average Bonchev–Trinajstić information content (AvgIpc) is 2.67. The number of sulfone groups is 1. The maximum atomic E-state index is 11.8. The zero-order valence-corrected chi connectivity index (χ0v) is 13.0. The van der Waals surface area contributed by atoms with Gasteiger partial charge in [0.25, 0.3) is 0 Å². The van der Waals surface area contributed by atoms with Gasteiger partial charge < -0.3 is 0 Å². The van der Waals surface area contributed by atoms with Gasteiger partial charge in [0.15, 0.2) is 9.84 Å². The molecule has 0 aromatic heterocycles. The number of rotatable bonds is 10. The van der Waals surface area contributed by atoms with E-state index in [0.29, 0.717) is 19.3 Å². The van der Waals surface area contributed by atoms with E-state index < -0.39 is 9.84 Å². The van der Waals surface area contributed by atoms with Crippen LogP contribution < -0.4 is 0 Å². The first-order valence-corrected chi connectivity index (χ1v) is 9.58. The van der Waals surface area contributed by atoms with E-state index in [2.05, 4.69) is 6.92 Å². The summed E-state index contributed by atoms with van der Waals surface area (Å²) in [5.74, 6) is 0.871. The van der Waals surface area contributed by atoms with Crippen molar-refractivity contribution in [3.8, 4) is 0 Å². The summed E-state index contributed by atoms with van der Waals surface area (Å²) in [6, 6.07) is 0. The Kier molecular flexibility index (Phi) is 7.66. The van der Waals surface area contributed by atoms with Gasteiger partial charge in [-0.3, -0.25) is 4.79 Å². The topological polar surface area (TPSA) is 51.2 Å². The van der Waals surface area contributed by atoms with Crippen molar-refractivity contribution in [2.24, 2.45) is 5.92 Å². The third-order valence-electron chi connectivity index (χ3n) is 3.90. The summed E-state index contributed by atoms with van der Waals surface area (Å²) in [6.07, 6.45) is 10.3. The van der Waals surface area contributed by atoms with Gasteiger partial charge in [-0.25, -0.2) is 8.42 Å². The lowest BCUT2D eigenvalue weighted by Crippen LogP contribution is -2.10. The molecule has 0 aromatic rings. The van der Waals surface area contributed by atoms with Crippen LogP contribution in [0.5, 0.6) is 0 Å². The summed E-state index contributed by atoms with van der Waals surface area (Å²) in [6.45, 7) is 2.21. The SMILES string of the molecule is CCCCCCCCCC(=O)CC1CCS(=O)(=O)C1. The van der Waals surface area contributed by atoms with Crippen molar-refractivity contribution in [1.29, 1.82) is 0 Å². The van der Waals surface area contributed by atoms with Gasteiger partial charge in [0.2, 0.25) is 0 Å². The van der Waals surface area contributed by atoms with Crippen molar-refractivity contribution < 1.29 is 13.2 Å². The van der Waals surface area contributed by atoms with Crippen molar-refractivity contribution in [1.82, 2.24) is 0 Å². The number of Topliss-reactive ketones (excluding diaryl/α,β-unsaturated/α-hetero) is 1. The quantitative estimate of drug-likeness (QED) is 0.578. The summed E-state index contributed by atoms with van der Waals surface area (Å²) in [4.78, 5) is 11.8. The summed E-state index contributed by atoms with van der Waals surface area (Å²) < 4.78 is 22.6. The van der Waals surface area contributed by atoms with E-state index in [1.54, 1.807) is 0 Å². The monoisotopic (exact) mass is 288 g/mol. The number of hydrogen-bond donors (Lipinski definition) is 0. The lowest BCUT2D eigenvalue weighted by Gasteiger charge is -2.06. The molecule has 0 saturated carbocycles. The molecule has 3 nitrogen and oxygen atoms in total. The van der Waals surface area contributed by atoms with Crippen LogP contribution in [0.3, 0.4) is 0 Å². The molecule has 1 rings (SSSR count). The van der Waals surface area contributed by atoms with Gasteiger partial charge >= 0.3 is 0 Å². The second kappa shape index (κ2) is 8.72. The molecule has 1 unspecified atom stereocenters. The normalized spacial score (nSPS) is 21.6. The maximum Gasteiger partial charge on any atom is 0.150 e. The Morgan fingerprint density at radius 1 is 1.05 bits per heavy atom. The molecule has 0 aliphatic carbocycles. The Bertz CT molecular complexity index is 360. The van der Waals surface area contributed by atoms with Crippen molar-refractivity contribution in [3.05, 3.63) is 0 Å². The molecular weight excluding hydrogens is 260 g/mol. The molecule has 112 valence electrons. The van der Waals surface area contributed by atoms with Crippen LogP contribution in [0.15, 0.2) is 0 Å². The fourth-order valence-corrected chi connectivity index (χ4v) is 4.60. The van der Waals surface area contributed by atoms with Crippen LogP contribution in [0.25, 0.3) is 0 Å². The Hall–Kier alpha value is -0.380. The highest BCUT2D eigenvalue weighted by atomic mass is 32.2. The van der Waals surface area contributed by atoms with E-state index in [0.717, 1.165) is 12.8 Å². The number of unbranched alkanes of at least 4 members (excludes halogenated alkanes) is 6. The van der Waals surface area contributed by atoms with E-state index >= 15 is 0 Å². The molecule has 0 N–H and O–H groups in total. The maximum absolute atomic E-state index is 11.8. The summed E-state index contributed by atoms with van der Waals surface area (Å²) in [7, 11) is -2.83. The number of hydrogen-bond acceptors (Lipinski definition) is 3. The van der Waals surface area contributed by atoms with Crippen molar-refractivity contribution in [3.63, 3.8) is 0 Å². The molecule has 4 heteroatoms. The molecule has 1 heterocycles.